The van der Waals surface area contributed by atoms with Crippen LogP contribution in [0, 0.1) is 5.92 Å². The molecular formula is C14H26N2O. The van der Waals surface area contributed by atoms with Crippen LogP contribution in [-0.2, 0) is 0 Å². The molecule has 0 unspecified atom stereocenters. The van der Waals surface area contributed by atoms with E-state index in [4.69, 9.17) is 0 Å². The minimum Gasteiger partial charge on any atom is -0.338 e. The van der Waals surface area contributed by atoms with Crippen molar-refractivity contribution in [2.75, 3.05) is 6.54 Å². The second-order valence-electron chi connectivity index (χ2n) is 4.98. The van der Waals surface area contributed by atoms with Crippen molar-refractivity contribution in [1.82, 2.24) is 10.6 Å². The van der Waals surface area contributed by atoms with Crippen LogP contribution in [0.4, 0.5) is 4.79 Å². The monoisotopic (exact) mass is 238 g/mol. The zero-order chi connectivity index (χ0) is 12.5. The molecule has 1 rings (SSSR count). The summed E-state index contributed by atoms with van der Waals surface area (Å²) in [6.45, 7) is 5.05. The van der Waals surface area contributed by atoms with Gasteiger partial charge in [0.15, 0.2) is 0 Å². The predicted octanol–water partition coefficient (Wildman–Crippen LogP) is 3.57. The van der Waals surface area contributed by atoms with E-state index < -0.39 is 0 Å². The zero-order valence-corrected chi connectivity index (χ0v) is 11.2. The second-order valence-corrected chi connectivity index (χ2v) is 4.98. The first-order valence-corrected chi connectivity index (χ1v) is 6.95. The molecule has 1 aliphatic rings. The van der Waals surface area contributed by atoms with Gasteiger partial charge in [-0.25, -0.2) is 4.79 Å². The van der Waals surface area contributed by atoms with Gasteiger partial charge in [-0.2, -0.15) is 0 Å². The number of carbonyl (C=O) groups excluding carboxylic acids is 1. The summed E-state index contributed by atoms with van der Waals surface area (Å²) in [5, 5.41) is 5.69. The summed E-state index contributed by atoms with van der Waals surface area (Å²) in [4.78, 5) is 11.5. The molecule has 0 aromatic heterocycles. The van der Waals surface area contributed by atoms with Crippen LogP contribution < -0.4 is 10.6 Å². The van der Waals surface area contributed by atoms with Crippen LogP contribution in [0.2, 0.25) is 0 Å². The lowest BCUT2D eigenvalue weighted by molar-refractivity contribution is 0.244. The average molecular weight is 238 g/mol. The Balaban J connectivity index is 2.15. The Hall–Kier alpha value is -0.990. The lowest BCUT2D eigenvalue weighted by atomic mass is 10.0. The fourth-order valence-corrected chi connectivity index (χ4v) is 2.31. The van der Waals surface area contributed by atoms with Gasteiger partial charge in [-0.15, -0.1) is 0 Å². The molecule has 0 heterocycles. The highest BCUT2D eigenvalue weighted by atomic mass is 16.2. The zero-order valence-electron chi connectivity index (χ0n) is 11.2. The van der Waals surface area contributed by atoms with Gasteiger partial charge in [0.1, 0.15) is 0 Å². The molecule has 2 N–H and O–H groups in total. The van der Waals surface area contributed by atoms with E-state index in [-0.39, 0.29) is 6.03 Å². The van der Waals surface area contributed by atoms with E-state index in [1.54, 1.807) is 0 Å². The lowest BCUT2D eigenvalue weighted by Gasteiger charge is -2.10. The quantitative estimate of drug-likeness (QED) is 0.682. The number of urea groups is 1. The maximum atomic E-state index is 11.5. The normalized spacial score (nSPS) is 17.2. The van der Waals surface area contributed by atoms with Crippen molar-refractivity contribution < 1.29 is 4.79 Å². The topological polar surface area (TPSA) is 41.1 Å². The molecule has 0 radical (unpaired) electrons. The van der Waals surface area contributed by atoms with Crippen molar-refractivity contribution in [2.24, 2.45) is 5.92 Å². The number of nitrogens with one attached hydrogen (secondary N) is 2. The number of hydrogen-bond acceptors (Lipinski definition) is 1. The maximum Gasteiger partial charge on any atom is 0.318 e. The summed E-state index contributed by atoms with van der Waals surface area (Å²) in [6, 6.07) is -0.0709. The Morgan fingerprint density at radius 1 is 1.29 bits per heavy atom. The molecule has 3 nitrogen and oxygen atoms in total. The fourth-order valence-electron chi connectivity index (χ4n) is 2.31. The highest BCUT2D eigenvalue weighted by Crippen LogP contribution is 2.30. The summed E-state index contributed by atoms with van der Waals surface area (Å²) in [7, 11) is 0. The summed E-state index contributed by atoms with van der Waals surface area (Å²) in [5.74, 6) is 0.690. The second kappa shape index (κ2) is 8.15. The van der Waals surface area contributed by atoms with Crippen molar-refractivity contribution in [3.63, 3.8) is 0 Å². The van der Waals surface area contributed by atoms with E-state index in [1.165, 1.54) is 44.1 Å². The summed E-state index contributed by atoms with van der Waals surface area (Å²) in [6.07, 6.45) is 10.5. The first-order chi connectivity index (χ1) is 8.24. The number of amides is 2. The van der Waals surface area contributed by atoms with Gasteiger partial charge in [-0.3, -0.25) is 0 Å². The van der Waals surface area contributed by atoms with Gasteiger partial charge in [-0.05, 0) is 32.1 Å². The van der Waals surface area contributed by atoms with Crippen molar-refractivity contribution in [3.05, 3.63) is 11.8 Å². The molecule has 3 heteroatoms. The number of carbonyl (C=O) groups is 1. The minimum absolute atomic E-state index is 0.0709. The van der Waals surface area contributed by atoms with E-state index >= 15 is 0 Å². The Morgan fingerprint density at radius 3 is 2.65 bits per heavy atom. The van der Waals surface area contributed by atoms with Crippen molar-refractivity contribution in [2.45, 2.75) is 58.8 Å². The predicted molar refractivity (Wildman–Crippen MR) is 71.8 cm³/mol. The summed E-state index contributed by atoms with van der Waals surface area (Å²) in [5.41, 5.74) is 1.31. The third-order valence-electron chi connectivity index (χ3n) is 3.50. The molecule has 1 fully saturated rings. The molecule has 0 spiro atoms. The fraction of sp³-hybridized carbons (Fsp3) is 0.786. The van der Waals surface area contributed by atoms with Gasteiger partial charge < -0.3 is 10.6 Å². The van der Waals surface area contributed by atoms with E-state index in [0.29, 0.717) is 5.92 Å². The van der Waals surface area contributed by atoms with E-state index in [2.05, 4.69) is 24.5 Å². The first-order valence-electron chi connectivity index (χ1n) is 6.95. The largest absolute Gasteiger partial charge is 0.338 e. The molecule has 0 atom stereocenters. The Morgan fingerprint density at radius 2 is 2.00 bits per heavy atom. The highest BCUT2D eigenvalue weighted by molar-refractivity contribution is 5.74. The van der Waals surface area contributed by atoms with Gasteiger partial charge in [0.05, 0.1) is 0 Å². The first kappa shape index (κ1) is 14.1. The Kier molecular flexibility index (Phi) is 6.75. The van der Waals surface area contributed by atoms with Gasteiger partial charge in [0.2, 0.25) is 0 Å². The van der Waals surface area contributed by atoms with Gasteiger partial charge in [0.25, 0.3) is 0 Å². The SMILES string of the molecule is CCCCCNC(=O)N/C=C(\C)C1CCCC1. The number of rotatable bonds is 6. The number of hydrogen-bond donors (Lipinski definition) is 2. The minimum atomic E-state index is -0.0709. The van der Waals surface area contributed by atoms with Gasteiger partial charge in [0, 0.05) is 12.7 Å². The van der Waals surface area contributed by atoms with Gasteiger partial charge in [-0.1, -0.05) is 38.2 Å². The Labute approximate surface area is 105 Å². The molecule has 0 aromatic carbocycles. The van der Waals surface area contributed by atoms with Crippen LogP contribution in [0.1, 0.15) is 58.8 Å². The van der Waals surface area contributed by atoms with E-state index in [9.17, 15) is 4.79 Å². The lowest BCUT2D eigenvalue weighted by Crippen LogP contribution is -2.33. The molecule has 17 heavy (non-hydrogen) atoms. The van der Waals surface area contributed by atoms with Crippen LogP contribution in [0.5, 0.6) is 0 Å². The third kappa shape index (κ3) is 5.76. The van der Waals surface area contributed by atoms with Crippen molar-refractivity contribution in [3.8, 4) is 0 Å². The molecule has 2 amide bonds. The molecule has 0 bridgehead atoms. The molecule has 1 saturated carbocycles. The van der Waals surface area contributed by atoms with Crippen LogP contribution in [0.3, 0.4) is 0 Å². The van der Waals surface area contributed by atoms with Crippen molar-refractivity contribution in [1.29, 1.82) is 0 Å². The molecule has 0 aliphatic heterocycles. The molecule has 98 valence electrons. The molecule has 1 aliphatic carbocycles. The smallest absolute Gasteiger partial charge is 0.318 e. The van der Waals surface area contributed by atoms with Crippen LogP contribution in [0.25, 0.3) is 0 Å². The Bertz CT molecular complexity index is 255. The van der Waals surface area contributed by atoms with Crippen LogP contribution >= 0.6 is 0 Å². The van der Waals surface area contributed by atoms with E-state index in [1.807, 2.05) is 6.20 Å². The molecule has 0 aromatic rings. The third-order valence-corrected chi connectivity index (χ3v) is 3.50. The molecular weight excluding hydrogens is 212 g/mol. The molecule has 0 saturated heterocycles. The van der Waals surface area contributed by atoms with Crippen LogP contribution in [-0.4, -0.2) is 12.6 Å². The summed E-state index contributed by atoms with van der Waals surface area (Å²) >= 11 is 0. The van der Waals surface area contributed by atoms with Crippen LogP contribution in [0.15, 0.2) is 11.8 Å². The number of unbranched alkanes of at least 4 members (excludes halogenated alkanes) is 2. The van der Waals surface area contributed by atoms with E-state index in [0.717, 1.165) is 13.0 Å². The maximum absolute atomic E-state index is 11.5. The highest BCUT2D eigenvalue weighted by Gasteiger charge is 2.16. The van der Waals surface area contributed by atoms with Gasteiger partial charge >= 0.3 is 6.03 Å². The number of allylic oxidation sites excluding steroid dienone is 1. The standard InChI is InChI=1S/C14H26N2O/c1-3-4-7-10-15-14(17)16-11-12(2)13-8-5-6-9-13/h11,13H,3-10H2,1-2H3,(H2,15,16,17)/b12-11+. The average Bonchev–Trinajstić information content (AvgIpc) is 2.85. The van der Waals surface area contributed by atoms with Crippen molar-refractivity contribution >= 4 is 6.03 Å². The summed E-state index contributed by atoms with van der Waals surface area (Å²) < 4.78 is 0.